The van der Waals surface area contributed by atoms with Crippen LogP contribution >= 0.6 is 0 Å². The molecule has 0 N–H and O–H groups in total. The lowest BCUT2D eigenvalue weighted by atomic mass is 10.2. The third-order valence-corrected chi connectivity index (χ3v) is 1.53. The molecule has 0 saturated heterocycles. The minimum absolute atomic E-state index is 0.142. The van der Waals surface area contributed by atoms with E-state index >= 15 is 0 Å². The van der Waals surface area contributed by atoms with Gasteiger partial charge in [-0.15, -0.1) is 0 Å². The van der Waals surface area contributed by atoms with Crippen molar-refractivity contribution in [1.29, 1.82) is 0 Å². The zero-order valence-corrected chi connectivity index (χ0v) is 8.33. The summed E-state index contributed by atoms with van der Waals surface area (Å²) in [6.45, 7) is 4.95. The Bertz CT molecular complexity index is 176. The highest BCUT2D eigenvalue weighted by molar-refractivity contribution is 5.66. The number of carbonyl (C=O) groups excluding carboxylic acids is 2. The van der Waals surface area contributed by atoms with Crippen LogP contribution in [0.3, 0.4) is 0 Å². The molecule has 4 heteroatoms. The second kappa shape index (κ2) is 6.46. The smallest absolute Gasteiger partial charge is 0.302 e. The molecule has 0 aliphatic rings. The van der Waals surface area contributed by atoms with E-state index < -0.39 is 0 Å². The van der Waals surface area contributed by atoms with Crippen LogP contribution in [0.5, 0.6) is 0 Å². The first kappa shape index (κ1) is 11.9. The first-order chi connectivity index (χ1) is 6.06. The summed E-state index contributed by atoms with van der Waals surface area (Å²) in [7, 11) is 0. The Morgan fingerprint density at radius 3 is 2.23 bits per heavy atom. The van der Waals surface area contributed by atoms with Gasteiger partial charge in [0.25, 0.3) is 0 Å². The molecule has 0 radical (unpaired) electrons. The fourth-order valence-corrected chi connectivity index (χ4v) is 0.915. The van der Waals surface area contributed by atoms with Gasteiger partial charge in [-0.3, -0.25) is 9.59 Å². The molecule has 0 amide bonds. The number of ether oxygens (including phenoxy) is 2. The fourth-order valence-electron chi connectivity index (χ4n) is 0.915. The summed E-state index contributed by atoms with van der Waals surface area (Å²) in [6, 6.07) is 0. The van der Waals surface area contributed by atoms with Crippen molar-refractivity contribution in [3.63, 3.8) is 0 Å². The maximum absolute atomic E-state index is 10.6. The molecular formula is C9H16O4. The SMILES string of the molecule is CCC(CCOC(C)=O)OC(C)=O. The van der Waals surface area contributed by atoms with Crippen molar-refractivity contribution in [3.8, 4) is 0 Å². The summed E-state index contributed by atoms with van der Waals surface area (Å²) in [6.07, 6.45) is 1.16. The topological polar surface area (TPSA) is 52.6 Å². The van der Waals surface area contributed by atoms with Crippen LogP contribution in [0.1, 0.15) is 33.6 Å². The van der Waals surface area contributed by atoms with Crippen molar-refractivity contribution in [1.82, 2.24) is 0 Å². The Labute approximate surface area is 78.2 Å². The molecule has 0 aliphatic carbocycles. The molecule has 0 bridgehead atoms. The molecule has 4 nitrogen and oxygen atoms in total. The third-order valence-electron chi connectivity index (χ3n) is 1.53. The Morgan fingerprint density at radius 2 is 1.85 bits per heavy atom. The second-order valence-corrected chi connectivity index (χ2v) is 2.77. The minimum atomic E-state index is -0.308. The van der Waals surface area contributed by atoms with E-state index in [2.05, 4.69) is 0 Å². The van der Waals surface area contributed by atoms with E-state index in [-0.39, 0.29) is 18.0 Å². The summed E-state index contributed by atoms with van der Waals surface area (Å²) in [4.78, 5) is 21.0. The molecular weight excluding hydrogens is 172 g/mol. The van der Waals surface area contributed by atoms with Crippen molar-refractivity contribution < 1.29 is 19.1 Å². The average Bonchev–Trinajstić information content (AvgIpc) is 2.01. The summed E-state index contributed by atoms with van der Waals surface area (Å²) >= 11 is 0. The number of hydrogen-bond acceptors (Lipinski definition) is 4. The molecule has 0 heterocycles. The van der Waals surface area contributed by atoms with Crippen LogP contribution in [0.2, 0.25) is 0 Å². The van der Waals surface area contributed by atoms with Gasteiger partial charge in [-0.25, -0.2) is 0 Å². The largest absolute Gasteiger partial charge is 0.466 e. The maximum atomic E-state index is 10.6. The predicted molar refractivity (Wildman–Crippen MR) is 47.1 cm³/mol. The van der Waals surface area contributed by atoms with Crippen LogP contribution < -0.4 is 0 Å². The van der Waals surface area contributed by atoms with E-state index in [0.717, 1.165) is 6.42 Å². The molecule has 0 fully saturated rings. The lowest BCUT2D eigenvalue weighted by molar-refractivity contribution is -0.148. The quantitative estimate of drug-likeness (QED) is 0.610. The first-order valence-corrected chi connectivity index (χ1v) is 4.36. The summed E-state index contributed by atoms with van der Waals surface area (Å²) in [5, 5.41) is 0. The number of rotatable bonds is 5. The summed E-state index contributed by atoms with van der Waals surface area (Å²) < 4.78 is 9.68. The van der Waals surface area contributed by atoms with Gasteiger partial charge in [-0.05, 0) is 6.42 Å². The Kier molecular flexibility index (Phi) is 5.93. The Hall–Kier alpha value is -1.06. The van der Waals surface area contributed by atoms with E-state index in [0.29, 0.717) is 13.0 Å². The lowest BCUT2D eigenvalue weighted by Gasteiger charge is -2.14. The van der Waals surface area contributed by atoms with Gasteiger partial charge >= 0.3 is 11.9 Å². The van der Waals surface area contributed by atoms with Crippen LogP contribution in [0.25, 0.3) is 0 Å². The average molecular weight is 188 g/mol. The molecule has 0 aromatic carbocycles. The lowest BCUT2D eigenvalue weighted by Crippen LogP contribution is -2.18. The van der Waals surface area contributed by atoms with Gasteiger partial charge in [-0.2, -0.15) is 0 Å². The number of esters is 2. The summed E-state index contributed by atoms with van der Waals surface area (Å²) in [5.41, 5.74) is 0. The van der Waals surface area contributed by atoms with E-state index in [1.165, 1.54) is 13.8 Å². The van der Waals surface area contributed by atoms with Gasteiger partial charge in [0, 0.05) is 20.3 Å². The molecule has 0 rings (SSSR count). The zero-order valence-electron chi connectivity index (χ0n) is 8.33. The van der Waals surface area contributed by atoms with Crippen LogP contribution in [-0.2, 0) is 19.1 Å². The summed E-state index contributed by atoms with van der Waals surface area (Å²) in [5.74, 6) is -0.604. The highest BCUT2D eigenvalue weighted by Gasteiger charge is 2.09. The van der Waals surface area contributed by atoms with E-state index in [4.69, 9.17) is 9.47 Å². The predicted octanol–water partition coefficient (Wildman–Crippen LogP) is 1.28. The van der Waals surface area contributed by atoms with E-state index in [1.807, 2.05) is 6.92 Å². The Morgan fingerprint density at radius 1 is 1.23 bits per heavy atom. The van der Waals surface area contributed by atoms with Crippen LogP contribution in [0, 0.1) is 0 Å². The van der Waals surface area contributed by atoms with Crippen LogP contribution in [0.4, 0.5) is 0 Å². The first-order valence-electron chi connectivity index (χ1n) is 4.36. The number of hydrogen-bond donors (Lipinski definition) is 0. The van der Waals surface area contributed by atoms with Gasteiger partial charge in [0.05, 0.1) is 6.61 Å². The third kappa shape index (κ3) is 7.31. The molecule has 13 heavy (non-hydrogen) atoms. The molecule has 0 aromatic heterocycles. The highest BCUT2D eigenvalue weighted by Crippen LogP contribution is 2.04. The minimum Gasteiger partial charge on any atom is -0.466 e. The van der Waals surface area contributed by atoms with Crippen molar-refractivity contribution >= 4 is 11.9 Å². The zero-order chi connectivity index (χ0) is 10.3. The molecule has 1 unspecified atom stereocenters. The molecule has 0 saturated carbocycles. The van der Waals surface area contributed by atoms with Gasteiger partial charge < -0.3 is 9.47 Å². The molecule has 0 spiro atoms. The fraction of sp³-hybridized carbons (Fsp3) is 0.778. The van der Waals surface area contributed by atoms with Crippen molar-refractivity contribution in [2.75, 3.05) is 6.61 Å². The normalized spacial score (nSPS) is 11.9. The molecule has 76 valence electrons. The molecule has 0 aromatic rings. The van der Waals surface area contributed by atoms with Gasteiger partial charge in [0.15, 0.2) is 0 Å². The standard InChI is InChI=1S/C9H16O4/c1-4-9(13-8(3)11)5-6-12-7(2)10/h9H,4-6H2,1-3H3. The van der Waals surface area contributed by atoms with Gasteiger partial charge in [0.1, 0.15) is 6.10 Å². The highest BCUT2D eigenvalue weighted by atomic mass is 16.6. The molecule has 1 atom stereocenters. The van der Waals surface area contributed by atoms with E-state index in [1.54, 1.807) is 0 Å². The second-order valence-electron chi connectivity index (χ2n) is 2.77. The van der Waals surface area contributed by atoms with Gasteiger partial charge in [0.2, 0.25) is 0 Å². The maximum Gasteiger partial charge on any atom is 0.302 e. The van der Waals surface area contributed by atoms with Crippen LogP contribution in [-0.4, -0.2) is 24.6 Å². The Balaban J connectivity index is 3.59. The monoisotopic (exact) mass is 188 g/mol. The van der Waals surface area contributed by atoms with Crippen molar-refractivity contribution in [3.05, 3.63) is 0 Å². The van der Waals surface area contributed by atoms with Crippen LogP contribution in [0.15, 0.2) is 0 Å². The molecule has 0 aliphatic heterocycles. The van der Waals surface area contributed by atoms with Crippen molar-refractivity contribution in [2.45, 2.75) is 39.7 Å². The van der Waals surface area contributed by atoms with E-state index in [9.17, 15) is 9.59 Å². The van der Waals surface area contributed by atoms with Gasteiger partial charge in [-0.1, -0.05) is 6.92 Å². The number of carbonyl (C=O) groups is 2. The van der Waals surface area contributed by atoms with Crippen molar-refractivity contribution in [2.24, 2.45) is 0 Å².